The summed E-state index contributed by atoms with van der Waals surface area (Å²) in [6, 6.07) is 3.55. The average molecular weight is 392 g/mol. The molecule has 1 aromatic heterocycles. The Hall–Kier alpha value is -2.42. The molecule has 0 atom stereocenters. The fourth-order valence-electron chi connectivity index (χ4n) is 2.75. The second kappa shape index (κ2) is 8.51. The van der Waals surface area contributed by atoms with Crippen LogP contribution in [-0.2, 0) is 18.4 Å². The Bertz CT molecular complexity index is 820. The van der Waals surface area contributed by atoms with Gasteiger partial charge in [-0.25, -0.2) is 0 Å². The molecule has 27 heavy (non-hydrogen) atoms. The van der Waals surface area contributed by atoms with Gasteiger partial charge >= 0.3 is 0 Å². The zero-order valence-corrected chi connectivity index (χ0v) is 16.8. The second-order valence-corrected chi connectivity index (χ2v) is 7.20. The molecule has 1 aliphatic rings. The number of carbonyl (C=O) groups is 1. The SMILES string of the molecule is COc1cc(OC)c(OC)cc1CNC(=O)CSc1nnc(C2CC2)n1C. The summed E-state index contributed by atoms with van der Waals surface area (Å²) in [4.78, 5) is 12.2. The Morgan fingerprint density at radius 2 is 1.81 bits per heavy atom. The van der Waals surface area contributed by atoms with Gasteiger partial charge in [-0.3, -0.25) is 4.79 Å². The van der Waals surface area contributed by atoms with E-state index in [4.69, 9.17) is 14.2 Å². The van der Waals surface area contributed by atoms with Crippen molar-refractivity contribution in [2.45, 2.75) is 30.5 Å². The molecule has 1 aliphatic carbocycles. The fraction of sp³-hybridized carbons (Fsp3) is 0.500. The van der Waals surface area contributed by atoms with Crippen LogP contribution in [0.15, 0.2) is 17.3 Å². The lowest BCUT2D eigenvalue weighted by atomic mass is 10.1. The van der Waals surface area contributed by atoms with Crippen molar-refractivity contribution in [3.05, 3.63) is 23.5 Å². The molecule has 2 aromatic rings. The summed E-state index contributed by atoms with van der Waals surface area (Å²) in [7, 11) is 6.66. The maximum atomic E-state index is 12.2. The Labute approximate surface area is 162 Å². The van der Waals surface area contributed by atoms with Crippen molar-refractivity contribution < 1.29 is 19.0 Å². The molecular formula is C18H24N4O4S. The van der Waals surface area contributed by atoms with Gasteiger partial charge in [-0.2, -0.15) is 0 Å². The van der Waals surface area contributed by atoms with E-state index in [0.29, 0.717) is 29.7 Å². The molecule has 0 radical (unpaired) electrons. The third-order valence-electron chi connectivity index (χ3n) is 4.41. The molecule has 0 saturated heterocycles. The largest absolute Gasteiger partial charge is 0.496 e. The van der Waals surface area contributed by atoms with E-state index in [-0.39, 0.29) is 11.7 Å². The number of ether oxygens (including phenoxy) is 3. The van der Waals surface area contributed by atoms with Gasteiger partial charge in [0, 0.05) is 31.1 Å². The van der Waals surface area contributed by atoms with E-state index in [1.165, 1.54) is 24.6 Å². The lowest BCUT2D eigenvalue weighted by Crippen LogP contribution is -2.25. The molecule has 1 heterocycles. The molecule has 1 saturated carbocycles. The van der Waals surface area contributed by atoms with E-state index in [2.05, 4.69) is 15.5 Å². The van der Waals surface area contributed by atoms with Crippen LogP contribution in [0.25, 0.3) is 0 Å². The normalized spacial score (nSPS) is 13.3. The number of thioether (sulfide) groups is 1. The molecule has 1 fully saturated rings. The molecule has 0 bridgehead atoms. The summed E-state index contributed by atoms with van der Waals surface area (Å²) in [5.74, 6) is 3.51. The molecule has 1 aromatic carbocycles. The van der Waals surface area contributed by atoms with Crippen molar-refractivity contribution in [3.63, 3.8) is 0 Å². The fourth-order valence-corrected chi connectivity index (χ4v) is 3.50. The summed E-state index contributed by atoms with van der Waals surface area (Å²) in [6.45, 7) is 0.328. The predicted molar refractivity (Wildman–Crippen MR) is 102 cm³/mol. The lowest BCUT2D eigenvalue weighted by Gasteiger charge is -2.14. The van der Waals surface area contributed by atoms with Crippen LogP contribution in [0.1, 0.15) is 30.1 Å². The van der Waals surface area contributed by atoms with Crippen LogP contribution in [0.4, 0.5) is 0 Å². The maximum Gasteiger partial charge on any atom is 0.230 e. The van der Waals surface area contributed by atoms with Crippen molar-refractivity contribution >= 4 is 17.7 Å². The number of methoxy groups -OCH3 is 3. The zero-order chi connectivity index (χ0) is 19.4. The number of nitrogens with one attached hydrogen (secondary N) is 1. The highest BCUT2D eigenvalue weighted by Crippen LogP contribution is 2.39. The Morgan fingerprint density at radius 1 is 1.15 bits per heavy atom. The van der Waals surface area contributed by atoms with Gasteiger partial charge in [0.25, 0.3) is 0 Å². The van der Waals surface area contributed by atoms with Gasteiger partial charge in [0.05, 0.1) is 27.1 Å². The number of nitrogens with zero attached hydrogens (tertiary/aromatic N) is 3. The quantitative estimate of drug-likeness (QED) is 0.654. The summed E-state index contributed by atoms with van der Waals surface area (Å²) < 4.78 is 17.9. The number of carbonyl (C=O) groups excluding carboxylic acids is 1. The van der Waals surface area contributed by atoms with Crippen molar-refractivity contribution in [1.82, 2.24) is 20.1 Å². The number of amides is 1. The van der Waals surface area contributed by atoms with E-state index >= 15 is 0 Å². The van der Waals surface area contributed by atoms with E-state index in [1.807, 2.05) is 11.6 Å². The average Bonchev–Trinajstić information content (AvgIpc) is 3.46. The number of benzene rings is 1. The summed E-state index contributed by atoms with van der Waals surface area (Å²) in [6.07, 6.45) is 2.34. The zero-order valence-electron chi connectivity index (χ0n) is 15.9. The van der Waals surface area contributed by atoms with Gasteiger partial charge in [0.15, 0.2) is 16.7 Å². The smallest absolute Gasteiger partial charge is 0.230 e. The van der Waals surface area contributed by atoms with Crippen LogP contribution in [0.3, 0.4) is 0 Å². The molecule has 146 valence electrons. The molecule has 1 amide bonds. The number of rotatable bonds is 9. The van der Waals surface area contributed by atoms with Gasteiger partial charge in [-0.1, -0.05) is 11.8 Å². The topological polar surface area (TPSA) is 87.5 Å². The number of hydrogen-bond acceptors (Lipinski definition) is 7. The van der Waals surface area contributed by atoms with Crippen molar-refractivity contribution in [2.24, 2.45) is 7.05 Å². The lowest BCUT2D eigenvalue weighted by molar-refractivity contribution is -0.118. The van der Waals surface area contributed by atoms with E-state index in [9.17, 15) is 4.79 Å². The Morgan fingerprint density at radius 3 is 2.44 bits per heavy atom. The van der Waals surface area contributed by atoms with Gasteiger partial charge < -0.3 is 24.1 Å². The summed E-state index contributed by atoms with van der Waals surface area (Å²) in [5.41, 5.74) is 0.808. The van der Waals surface area contributed by atoms with Crippen LogP contribution in [0.2, 0.25) is 0 Å². The van der Waals surface area contributed by atoms with Crippen LogP contribution in [0, 0.1) is 0 Å². The molecule has 9 heteroatoms. The molecule has 0 aliphatic heterocycles. The first-order valence-corrected chi connectivity index (χ1v) is 9.63. The van der Waals surface area contributed by atoms with Crippen molar-refractivity contribution in [2.75, 3.05) is 27.1 Å². The molecule has 1 N–H and O–H groups in total. The standard InChI is InChI=1S/C18H24N4O4S/c1-22-17(11-5-6-11)20-21-18(22)27-10-16(23)19-9-12-7-14(25-3)15(26-4)8-13(12)24-2/h7-8,11H,5-6,9-10H2,1-4H3,(H,19,23). The predicted octanol–water partition coefficient (Wildman–Crippen LogP) is 2.13. The monoisotopic (exact) mass is 392 g/mol. The third-order valence-corrected chi connectivity index (χ3v) is 5.43. The molecule has 3 rings (SSSR count). The van der Waals surface area contributed by atoms with E-state index in [1.54, 1.807) is 33.5 Å². The minimum atomic E-state index is -0.0900. The maximum absolute atomic E-state index is 12.2. The highest BCUT2D eigenvalue weighted by atomic mass is 32.2. The minimum Gasteiger partial charge on any atom is -0.496 e. The molecule has 8 nitrogen and oxygen atoms in total. The van der Waals surface area contributed by atoms with Crippen LogP contribution >= 0.6 is 11.8 Å². The van der Waals surface area contributed by atoms with Crippen molar-refractivity contribution in [1.29, 1.82) is 0 Å². The second-order valence-electron chi connectivity index (χ2n) is 6.26. The molecule has 0 unspecified atom stereocenters. The third kappa shape index (κ3) is 4.47. The first kappa shape index (κ1) is 19.3. The minimum absolute atomic E-state index is 0.0900. The summed E-state index contributed by atoms with van der Waals surface area (Å²) >= 11 is 1.38. The Kier molecular flexibility index (Phi) is 6.10. The summed E-state index contributed by atoms with van der Waals surface area (Å²) in [5, 5.41) is 12.1. The van der Waals surface area contributed by atoms with Gasteiger partial charge in [0.2, 0.25) is 5.91 Å². The van der Waals surface area contributed by atoms with E-state index < -0.39 is 0 Å². The van der Waals surface area contributed by atoms with Crippen LogP contribution in [0.5, 0.6) is 17.2 Å². The number of aromatic nitrogens is 3. The van der Waals surface area contributed by atoms with Gasteiger partial charge in [-0.15, -0.1) is 10.2 Å². The highest BCUT2D eigenvalue weighted by molar-refractivity contribution is 7.99. The Balaban J connectivity index is 1.57. The van der Waals surface area contributed by atoms with Gasteiger partial charge in [-0.05, 0) is 18.9 Å². The molecular weight excluding hydrogens is 368 g/mol. The number of hydrogen-bond donors (Lipinski definition) is 1. The van der Waals surface area contributed by atoms with Crippen LogP contribution < -0.4 is 19.5 Å². The first-order valence-electron chi connectivity index (χ1n) is 8.65. The van der Waals surface area contributed by atoms with Crippen molar-refractivity contribution in [3.8, 4) is 17.2 Å². The van der Waals surface area contributed by atoms with Gasteiger partial charge in [0.1, 0.15) is 11.6 Å². The molecule has 0 spiro atoms. The highest BCUT2D eigenvalue weighted by Gasteiger charge is 2.29. The van der Waals surface area contributed by atoms with Crippen LogP contribution in [-0.4, -0.2) is 47.8 Å². The first-order chi connectivity index (χ1) is 13.1. The van der Waals surface area contributed by atoms with E-state index in [0.717, 1.165) is 16.5 Å².